The van der Waals surface area contributed by atoms with Crippen LogP contribution in [0.2, 0.25) is 0 Å². The summed E-state index contributed by atoms with van der Waals surface area (Å²) in [4.78, 5) is 31.3. The molecular weight excluding hydrogens is 444 g/mol. The van der Waals surface area contributed by atoms with Gasteiger partial charge in [0.25, 0.3) is 5.56 Å². The zero-order chi connectivity index (χ0) is 24.5. The van der Waals surface area contributed by atoms with E-state index in [1.807, 2.05) is 30.7 Å². The first kappa shape index (κ1) is 23.7. The van der Waals surface area contributed by atoms with Gasteiger partial charge in [-0.2, -0.15) is 0 Å². The number of pyridine rings is 1. The van der Waals surface area contributed by atoms with Gasteiger partial charge in [0.15, 0.2) is 5.82 Å². The second kappa shape index (κ2) is 9.89. The van der Waals surface area contributed by atoms with Crippen molar-refractivity contribution < 1.29 is 9.53 Å². The molecule has 1 saturated carbocycles. The summed E-state index contributed by atoms with van der Waals surface area (Å²) in [5, 5.41) is 13.9. The molecule has 5 rings (SSSR count). The quantitative estimate of drug-likeness (QED) is 0.540. The lowest BCUT2D eigenvalue weighted by Gasteiger charge is -2.36. The van der Waals surface area contributed by atoms with E-state index in [1.54, 1.807) is 0 Å². The van der Waals surface area contributed by atoms with Crippen molar-refractivity contribution in [2.75, 3.05) is 19.7 Å². The molecule has 1 N–H and O–H groups in total. The molecule has 0 spiro atoms. The number of hydrogen-bond acceptors (Lipinski definition) is 7. The maximum atomic E-state index is 13.5. The van der Waals surface area contributed by atoms with E-state index in [0.717, 1.165) is 47.7 Å². The summed E-state index contributed by atoms with van der Waals surface area (Å²) in [7, 11) is 0. The molecule has 2 aromatic heterocycles. The van der Waals surface area contributed by atoms with Crippen LogP contribution >= 0.6 is 0 Å². The fourth-order valence-corrected chi connectivity index (χ4v) is 5.74. The maximum absolute atomic E-state index is 13.5. The van der Waals surface area contributed by atoms with E-state index in [9.17, 15) is 9.59 Å². The molecular formula is C26H34N6O3. The van der Waals surface area contributed by atoms with Crippen molar-refractivity contribution in [2.24, 2.45) is 5.92 Å². The average molecular weight is 479 g/mol. The van der Waals surface area contributed by atoms with Crippen LogP contribution in [0.4, 0.5) is 0 Å². The third-order valence-electron chi connectivity index (χ3n) is 7.72. The molecule has 0 amide bonds. The Kier molecular flexibility index (Phi) is 6.69. The summed E-state index contributed by atoms with van der Waals surface area (Å²) in [5.74, 6) is 0.466. The first-order valence-electron chi connectivity index (χ1n) is 12.8. The molecule has 9 nitrogen and oxygen atoms in total. The van der Waals surface area contributed by atoms with Crippen molar-refractivity contribution >= 4 is 16.9 Å². The number of benzene rings is 1. The van der Waals surface area contributed by atoms with Crippen molar-refractivity contribution in [1.82, 2.24) is 30.1 Å². The Bertz CT molecular complexity index is 1270. The average Bonchev–Trinajstić information content (AvgIpc) is 3.55. The van der Waals surface area contributed by atoms with Crippen LogP contribution in [0.25, 0.3) is 10.9 Å². The van der Waals surface area contributed by atoms with Gasteiger partial charge in [-0.05, 0) is 74.1 Å². The molecule has 35 heavy (non-hydrogen) atoms. The molecule has 1 atom stereocenters. The van der Waals surface area contributed by atoms with E-state index < -0.39 is 0 Å². The number of carbonyl (C=O) groups is 1. The minimum Gasteiger partial charge on any atom is -0.466 e. The predicted molar refractivity (Wildman–Crippen MR) is 132 cm³/mol. The van der Waals surface area contributed by atoms with Crippen molar-refractivity contribution in [3.8, 4) is 0 Å². The highest BCUT2D eigenvalue weighted by atomic mass is 16.5. The van der Waals surface area contributed by atoms with E-state index in [-0.39, 0.29) is 29.5 Å². The van der Waals surface area contributed by atoms with Gasteiger partial charge in [0.05, 0.1) is 24.1 Å². The molecule has 2 fully saturated rings. The molecule has 1 aliphatic heterocycles. The number of aryl methyl sites for hydroxylation is 2. The van der Waals surface area contributed by atoms with E-state index in [1.165, 1.54) is 0 Å². The highest BCUT2D eigenvalue weighted by molar-refractivity contribution is 5.85. The molecule has 3 heterocycles. The number of nitrogens with one attached hydrogen (secondary N) is 1. The van der Waals surface area contributed by atoms with Crippen LogP contribution in [-0.4, -0.2) is 55.8 Å². The van der Waals surface area contributed by atoms with E-state index in [4.69, 9.17) is 4.74 Å². The third-order valence-corrected chi connectivity index (χ3v) is 7.72. The summed E-state index contributed by atoms with van der Waals surface area (Å²) in [6, 6.07) is 6.00. The fraction of sp³-hybridized carbons (Fsp3) is 0.577. The summed E-state index contributed by atoms with van der Waals surface area (Å²) >= 11 is 0. The summed E-state index contributed by atoms with van der Waals surface area (Å²) < 4.78 is 7.21. The number of aromatic nitrogens is 5. The highest BCUT2D eigenvalue weighted by Gasteiger charge is 2.36. The minimum atomic E-state index is -0.387. The summed E-state index contributed by atoms with van der Waals surface area (Å²) in [6.07, 6.45) is 5.78. The van der Waals surface area contributed by atoms with Gasteiger partial charge < -0.3 is 9.72 Å². The maximum Gasteiger partial charge on any atom is 0.309 e. The number of fused-ring (bicyclic) bond motifs is 1. The molecule has 0 bridgehead atoms. The number of aromatic amines is 1. The van der Waals surface area contributed by atoms with Crippen molar-refractivity contribution in [3.05, 3.63) is 51.1 Å². The first-order valence-corrected chi connectivity index (χ1v) is 12.8. The van der Waals surface area contributed by atoms with Gasteiger partial charge in [0.2, 0.25) is 0 Å². The summed E-state index contributed by atoms with van der Waals surface area (Å²) in [6.45, 7) is 7.62. The third kappa shape index (κ3) is 4.49. The Morgan fingerprint density at radius 1 is 1.14 bits per heavy atom. The molecule has 1 saturated heterocycles. The first-order chi connectivity index (χ1) is 17.0. The zero-order valence-corrected chi connectivity index (χ0v) is 20.8. The largest absolute Gasteiger partial charge is 0.466 e. The Labute approximate surface area is 204 Å². The number of ether oxygens (including phenoxy) is 1. The lowest BCUT2D eigenvalue weighted by Crippen LogP contribution is -2.42. The molecule has 1 aliphatic carbocycles. The number of piperidine rings is 1. The number of likely N-dealkylation sites (tertiary alicyclic amines) is 1. The highest BCUT2D eigenvalue weighted by Crippen LogP contribution is 2.36. The van der Waals surface area contributed by atoms with Crippen LogP contribution in [0, 0.1) is 19.8 Å². The molecule has 3 aromatic rings. The van der Waals surface area contributed by atoms with Crippen LogP contribution in [-0.2, 0) is 9.53 Å². The lowest BCUT2D eigenvalue weighted by atomic mass is 9.93. The van der Waals surface area contributed by atoms with Crippen molar-refractivity contribution in [3.63, 3.8) is 0 Å². The smallest absolute Gasteiger partial charge is 0.309 e. The van der Waals surface area contributed by atoms with Gasteiger partial charge in [0, 0.05) is 24.0 Å². The van der Waals surface area contributed by atoms with Gasteiger partial charge in [-0.15, -0.1) is 5.10 Å². The number of hydrogen-bond donors (Lipinski definition) is 1. The molecule has 1 aromatic carbocycles. The van der Waals surface area contributed by atoms with E-state index >= 15 is 0 Å². The Hall–Kier alpha value is -3.07. The monoisotopic (exact) mass is 478 g/mol. The summed E-state index contributed by atoms with van der Waals surface area (Å²) in [5.41, 5.74) is 3.54. The van der Waals surface area contributed by atoms with E-state index in [0.29, 0.717) is 43.9 Å². The van der Waals surface area contributed by atoms with Gasteiger partial charge in [-0.25, -0.2) is 4.68 Å². The Morgan fingerprint density at radius 3 is 2.57 bits per heavy atom. The Balaban J connectivity index is 1.58. The minimum absolute atomic E-state index is 0.113. The van der Waals surface area contributed by atoms with Crippen molar-refractivity contribution in [2.45, 2.75) is 71.4 Å². The number of tetrazole rings is 1. The molecule has 0 radical (unpaired) electrons. The predicted octanol–water partition coefficient (Wildman–Crippen LogP) is 3.61. The van der Waals surface area contributed by atoms with Gasteiger partial charge in [-0.3, -0.25) is 14.5 Å². The van der Waals surface area contributed by atoms with Crippen LogP contribution < -0.4 is 5.56 Å². The van der Waals surface area contributed by atoms with Gasteiger partial charge in [0.1, 0.15) is 6.04 Å². The lowest BCUT2D eigenvalue weighted by molar-refractivity contribution is -0.149. The molecule has 2 aliphatic rings. The van der Waals surface area contributed by atoms with Gasteiger partial charge in [-0.1, -0.05) is 25.0 Å². The molecule has 186 valence electrons. The van der Waals surface area contributed by atoms with Crippen molar-refractivity contribution in [1.29, 1.82) is 0 Å². The number of nitrogens with zero attached hydrogens (tertiary/aromatic N) is 5. The molecule has 0 unspecified atom stereocenters. The second-order valence-corrected chi connectivity index (χ2v) is 9.93. The topological polar surface area (TPSA) is 106 Å². The standard InChI is InChI=1S/C26H34N6O3/c1-4-35-26(34)18-11-13-31(14-12-18)23(24-28-29-30-32(24)19-7-5-6-8-19)21-15-20-16(2)9-10-17(3)22(20)27-25(21)33/h9-10,15,18-19,23H,4-8,11-14H2,1-3H3,(H,27,33)/t23-/m0/s1. The van der Waals surface area contributed by atoms with Gasteiger partial charge >= 0.3 is 5.97 Å². The van der Waals surface area contributed by atoms with Crippen LogP contribution in [0.15, 0.2) is 23.0 Å². The van der Waals surface area contributed by atoms with Crippen LogP contribution in [0.3, 0.4) is 0 Å². The zero-order valence-electron chi connectivity index (χ0n) is 20.8. The van der Waals surface area contributed by atoms with Crippen LogP contribution in [0.1, 0.15) is 80.0 Å². The van der Waals surface area contributed by atoms with E-state index in [2.05, 4.69) is 38.4 Å². The number of H-pyrrole nitrogens is 1. The Morgan fingerprint density at radius 2 is 1.86 bits per heavy atom. The fourth-order valence-electron chi connectivity index (χ4n) is 5.74. The van der Waals surface area contributed by atoms with Crippen LogP contribution in [0.5, 0.6) is 0 Å². The SMILES string of the molecule is CCOC(=O)C1CCN([C@@H](c2cc3c(C)ccc(C)c3[nH]c2=O)c2nnnn2C2CCCC2)CC1. The number of esters is 1. The number of carbonyl (C=O) groups excluding carboxylic acids is 1. The number of rotatable bonds is 6. The second-order valence-electron chi connectivity index (χ2n) is 9.93. The molecule has 9 heteroatoms. The normalized spacial score (nSPS) is 18.8.